The van der Waals surface area contributed by atoms with Crippen LogP contribution in [0.25, 0.3) is 0 Å². The van der Waals surface area contributed by atoms with Crippen molar-refractivity contribution in [2.24, 2.45) is 0 Å². The number of hydrogen-bond acceptors (Lipinski definition) is 4. The van der Waals surface area contributed by atoms with Gasteiger partial charge in [-0.15, -0.1) is 0 Å². The number of rotatable bonds is 9. The molecule has 32 heavy (non-hydrogen) atoms. The summed E-state index contributed by atoms with van der Waals surface area (Å²) >= 11 is 0. The number of hydrogen-bond donors (Lipinski definition) is 1. The third kappa shape index (κ3) is 5.93. The normalized spacial score (nSPS) is 14.8. The summed E-state index contributed by atoms with van der Waals surface area (Å²) < 4.78 is 95.4. The number of halogens is 6. The predicted octanol–water partition coefficient (Wildman–Crippen LogP) is 6.51. The smallest absolute Gasteiger partial charge is 0.426 e. The van der Waals surface area contributed by atoms with Gasteiger partial charge in [0.05, 0.1) is 6.10 Å². The lowest BCUT2D eigenvalue weighted by Gasteiger charge is -2.38. The van der Waals surface area contributed by atoms with Crippen LogP contribution in [0.4, 0.5) is 26.3 Å². The van der Waals surface area contributed by atoms with E-state index in [1.807, 2.05) is 0 Å². The van der Waals surface area contributed by atoms with Gasteiger partial charge in [0.25, 0.3) is 5.60 Å². The lowest BCUT2D eigenvalue weighted by Crippen LogP contribution is -2.59. The van der Waals surface area contributed by atoms with Crippen LogP contribution in [0, 0.1) is 0 Å². The second kappa shape index (κ2) is 10.1. The van der Waals surface area contributed by atoms with Crippen molar-refractivity contribution in [3.63, 3.8) is 0 Å². The molecule has 2 atom stereocenters. The largest absolute Gasteiger partial charge is 0.457 e. The molecule has 0 heterocycles. The summed E-state index contributed by atoms with van der Waals surface area (Å²) in [5.74, 6) is -0.398. The van der Waals surface area contributed by atoms with Gasteiger partial charge in [-0.2, -0.15) is 26.3 Å². The first-order valence-corrected chi connectivity index (χ1v) is 9.63. The average molecular weight is 466 g/mol. The fourth-order valence-electron chi connectivity index (χ4n) is 3.16. The Labute approximate surface area is 181 Å². The molecule has 4 nitrogen and oxygen atoms in total. The van der Waals surface area contributed by atoms with Crippen LogP contribution in [0.3, 0.4) is 0 Å². The Morgan fingerprint density at radius 2 is 1.44 bits per heavy atom. The van der Waals surface area contributed by atoms with Crippen molar-refractivity contribution in [2.75, 3.05) is 13.9 Å². The molecule has 0 fully saturated rings. The number of benzene rings is 2. The first-order valence-electron chi connectivity index (χ1n) is 9.63. The minimum atomic E-state index is -5.70. The third-order valence-electron chi connectivity index (χ3n) is 4.96. The highest BCUT2D eigenvalue weighted by atomic mass is 19.4. The quantitative estimate of drug-likeness (QED) is 0.338. The number of aliphatic hydroxyl groups excluding tert-OH is 1. The van der Waals surface area contributed by atoms with Crippen LogP contribution in [-0.2, 0) is 9.47 Å². The van der Waals surface area contributed by atoms with Crippen molar-refractivity contribution < 1.29 is 45.7 Å². The standard InChI is InChI=1S/C22H24F6O4/c1-14(12-20(21(23,24)25,22(26,27)28)31-13-30-3)16-7-9-18(10-8-16)32-19-6-4-5-17(11-19)15(2)29/h4-11,14-15,29H,12-13H2,1-3H3. The molecule has 0 saturated heterocycles. The molecular weight excluding hydrogens is 442 g/mol. The molecule has 0 amide bonds. The van der Waals surface area contributed by atoms with Gasteiger partial charge in [-0.25, -0.2) is 0 Å². The number of aliphatic hydroxyl groups is 1. The van der Waals surface area contributed by atoms with Crippen molar-refractivity contribution in [2.45, 2.75) is 50.2 Å². The van der Waals surface area contributed by atoms with Crippen LogP contribution in [-0.4, -0.2) is 37.0 Å². The first kappa shape index (κ1) is 26.0. The van der Waals surface area contributed by atoms with Gasteiger partial charge in [0.1, 0.15) is 18.3 Å². The topological polar surface area (TPSA) is 47.9 Å². The lowest BCUT2D eigenvalue weighted by molar-refractivity contribution is -0.394. The van der Waals surface area contributed by atoms with E-state index in [4.69, 9.17) is 4.74 Å². The molecule has 0 spiro atoms. The first-order chi connectivity index (χ1) is 14.8. The van der Waals surface area contributed by atoms with E-state index in [1.165, 1.54) is 31.2 Å². The minimum absolute atomic E-state index is 0.244. The fourth-order valence-corrected chi connectivity index (χ4v) is 3.16. The molecule has 10 heteroatoms. The monoisotopic (exact) mass is 466 g/mol. The molecule has 178 valence electrons. The summed E-state index contributed by atoms with van der Waals surface area (Å²) in [6.45, 7) is 1.68. The maximum atomic E-state index is 13.5. The van der Waals surface area contributed by atoms with E-state index in [1.54, 1.807) is 31.2 Å². The van der Waals surface area contributed by atoms with Crippen LogP contribution in [0.1, 0.15) is 43.4 Å². The highest BCUT2D eigenvalue weighted by Gasteiger charge is 2.72. The van der Waals surface area contributed by atoms with Crippen molar-refractivity contribution in [3.8, 4) is 11.5 Å². The van der Waals surface area contributed by atoms with Gasteiger partial charge in [0.15, 0.2) is 0 Å². The summed E-state index contributed by atoms with van der Waals surface area (Å²) in [7, 11) is 0.941. The Morgan fingerprint density at radius 3 is 1.94 bits per heavy atom. The average Bonchev–Trinajstić information content (AvgIpc) is 2.69. The molecule has 0 aliphatic rings. The maximum absolute atomic E-state index is 13.5. The van der Waals surface area contributed by atoms with Crippen molar-refractivity contribution in [1.82, 2.24) is 0 Å². The molecular formula is C22H24F6O4. The molecule has 1 N–H and O–H groups in total. The van der Waals surface area contributed by atoms with Crippen LogP contribution >= 0.6 is 0 Å². The van der Waals surface area contributed by atoms with E-state index < -0.39 is 43.2 Å². The highest BCUT2D eigenvalue weighted by molar-refractivity contribution is 5.36. The van der Waals surface area contributed by atoms with Gasteiger partial charge >= 0.3 is 12.4 Å². The van der Waals surface area contributed by atoms with Gasteiger partial charge in [0.2, 0.25) is 0 Å². The molecule has 0 aromatic heterocycles. The zero-order valence-corrected chi connectivity index (χ0v) is 17.6. The Hall–Kier alpha value is -2.30. The Bertz CT molecular complexity index is 848. The summed E-state index contributed by atoms with van der Waals surface area (Å²) in [6.07, 6.45) is -13.5. The Balaban J connectivity index is 2.23. The SMILES string of the molecule is COCOC(CC(C)c1ccc(Oc2cccc(C(C)O)c2)cc1)(C(F)(F)F)C(F)(F)F. The predicted molar refractivity (Wildman–Crippen MR) is 104 cm³/mol. The summed E-state index contributed by atoms with van der Waals surface area (Å²) in [5.41, 5.74) is -3.50. The van der Waals surface area contributed by atoms with Gasteiger partial charge in [-0.3, -0.25) is 0 Å². The zero-order valence-electron chi connectivity index (χ0n) is 17.6. The van der Waals surface area contributed by atoms with E-state index in [9.17, 15) is 31.4 Å². The number of ether oxygens (including phenoxy) is 3. The molecule has 0 saturated carbocycles. The molecule has 2 aromatic rings. The third-order valence-corrected chi connectivity index (χ3v) is 4.96. The molecule has 2 aromatic carbocycles. The van der Waals surface area contributed by atoms with Gasteiger partial charge in [-0.05, 0) is 48.2 Å². The molecule has 2 rings (SSSR count). The van der Waals surface area contributed by atoms with Gasteiger partial charge in [0, 0.05) is 13.5 Å². The van der Waals surface area contributed by atoms with Crippen molar-refractivity contribution in [3.05, 3.63) is 59.7 Å². The number of alkyl halides is 6. The zero-order chi connectivity index (χ0) is 24.2. The molecule has 0 aliphatic carbocycles. The van der Waals surface area contributed by atoms with Gasteiger partial charge < -0.3 is 19.3 Å². The van der Waals surface area contributed by atoms with Crippen molar-refractivity contribution in [1.29, 1.82) is 0 Å². The summed E-state index contributed by atoms with van der Waals surface area (Å²) in [6, 6.07) is 12.3. The summed E-state index contributed by atoms with van der Waals surface area (Å²) in [4.78, 5) is 0. The highest BCUT2D eigenvalue weighted by Crippen LogP contribution is 2.50. The number of methoxy groups -OCH3 is 1. The van der Waals surface area contributed by atoms with E-state index in [0.717, 1.165) is 7.11 Å². The summed E-state index contributed by atoms with van der Waals surface area (Å²) in [5, 5.41) is 9.64. The van der Waals surface area contributed by atoms with E-state index in [-0.39, 0.29) is 5.56 Å². The van der Waals surface area contributed by atoms with Crippen LogP contribution in [0.5, 0.6) is 11.5 Å². The minimum Gasteiger partial charge on any atom is -0.457 e. The van der Waals surface area contributed by atoms with Gasteiger partial charge in [-0.1, -0.05) is 31.2 Å². The Kier molecular flexibility index (Phi) is 8.19. The fraction of sp³-hybridized carbons (Fsp3) is 0.455. The van der Waals surface area contributed by atoms with E-state index in [2.05, 4.69) is 9.47 Å². The van der Waals surface area contributed by atoms with Crippen molar-refractivity contribution >= 4 is 0 Å². The van der Waals surface area contributed by atoms with E-state index in [0.29, 0.717) is 17.1 Å². The van der Waals surface area contributed by atoms with Crippen LogP contribution in [0.15, 0.2) is 48.5 Å². The van der Waals surface area contributed by atoms with Crippen LogP contribution < -0.4 is 4.74 Å². The second-order valence-electron chi connectivity index (χ2n) is 7.40. The lowest BCUT2D eigenvalue weighted by atomic mass is 9.85. The maximum Gasteiger partial charge on any atom is 0.426 e. The Morgan fingerprint density at radius 1 is 0.844 bits per heavy atom. The molecule has 0 bridgehead atoms. The van der Waals surface area contributed by atoms with Crippen LogP contribution in [0.2, 0.25) is 0 Å². The molecule has 0 radical (unpaired) electrons. The second-order valence-corrected chi connectivity index (χ2v) is 7.40. The molecule has 2 unspecified atom stereocenters. The van der Waals surface area contributed by atoms with E-state index >= 15 is 0 Å². The molecule has 0 aliphatic heterocycles.